The van der Waals surface area contributed by atoms with Crippen LogP contribution in [0.1, 0.15) is 12.5 Å². The van der Waals surface area contributed by atoms with Crippen LogP contribution in [-0.2, 0) is 20.9 Å². The third-order valence-corrected chi connectivity index (χ3v) is 5.70. The molecule has 4 nitrogen and oxygen atoms in total. The van der Waals surface area contributed by atoms with Crippen LogP contribution < -0.4 is 0 Å². The minimum absolute atomic E-state index is 0.0715. The van der Waals surface area contributed by atoms with Crippen molar-refractivity contribution in [3.63, 3.8) is 0 Å². The number of carbonyl (C=O) groups is 2. The number of thioether (sulfide) groups is 1. The van der Waals surface area contributed by atoms with Gasteiger partial charge in [-0.2, -0.15) is 0 Å². The van der Waals surface area contributed by atoms with E-state index in [1.54, 1.807) is 22.7 Å². The fourth-order valence-electron chi connectivity index (χ4n) is 3.08. The molecule has 5 heteroatoms. The first kappa shape index (κ1) is 15.9. The molecule has 1 aromatic rings. The van der Waals surface area contributed by atoms with Crippen LogP contribution in [0.2, 0.25) is 0 Å². The molecule has 0 fully saturated rings. The van der Waals surface area contributed by atoms with Crippen LogP contribution in [0, 0.1) is 5.92 Å². The maximum Gasteiger partial charge on any atom is 0.316 e. The predicted octanol–water partition coefficient (Wildman–Crippen LogP) is 2.76. The summed E-state index contributed by atoms with van der Waals surface area (Å²) in [7, 11) is 1.38. The van der Waals surface area contributed by atoms with Crippen molar-refractivity contribution in [1.29, 1.82) is 0 Å². The molecular formula is C18H19NO3S. The molecule has 0 unspecified atom stereocenters. The maximum atomic E-state index is 12.5. The molecule has 1 spiro atoms. The molecule has 2 aliphatic heterocycles. The Kier molecular flexibility index (Phi) is 4.31. The first-order valence-corrected chi connectivity index (χ1v) is 8.43. The topological polar surface area (TPSA) is 46.6 Å². The van der Waals surface area contributed by atoms with Crippen molar-refractivity contribution in [1.82, 2.24) is 4.90 Å². The van der Waals surface area contributed by atoms with Crippen molar-refractivity contribution in [2.75, 3.05) is 7.11 Å². The van der Waals surface area contributed by atoms with Gasteiger partial charge in [-0.25, -0.2) is 0 Å². The number of carbonyl (C=O) groups excluding carboxylic acids is 2. The Bertz CT molecular complexity index is 670. The highest BCUT2D eigenvalue weighted by Crippen LogP contribution is 2.48. The molecule has 0 N–H and O–H groups in total. The molecule has 0 saturated heterocycles. The van der Waals surface area contributed by atoms with Crippen LogP contribution in [0.15, 0.2) is 54.6 Å². The van der Waals surface area contributed by atoms with E-state index in [1.807, 2.05) is 48.6 Å². The standard InChI is InChI=1S/C18H19NO3S/c1-13-8-9-15(17(21)22-2)18(23-13)11-10-16(20)19(18)12-14-6-4-3-5-7-14/h3-11,13,15H,12H2,1-2H3/t13-,15-,18+/m1/s1. The van der Waals surface area contributed by atoms with Crippen LogP contribution in [0.5, 0.6) is 0 Å². The molecule has 2 aliphatic rings. The second kappa shape index (κ2) is 6.24. The van der Waals surface area contributed by atoms with Gasteiger partial charge in [0.1, 0.15) is 10.8 Å². The lowest BCUT2D eigenvalue weighted by atomic mass is 9.96. The monoisotopic (exact) mass is 329 g/mol. The molecule has 0 aliphatic carbocycles. The van der Waals surface area contributed by atoms with E-state index < -0.39 is 10.8 Å². The number of benzene rings is 1. The van der Waals surface area contributed by atoms with Crippen molar-refractivity contribution < 1.29 is 14.3 Å². The summed E-state index contributed by atoms with van der Waals surface area (Å²) in [4.78, 5) is 25.8. The zero-order valence-corrected chi connectivity index (χ0v) is 14.0. The van der Waals surface area contributed by atoms with Crippen LogP contribution in [-0.4, -0.2) is 34.0 Å². The summed E-state index contributed by atoms with van der Waals surface area (Å²) in [5.41, 5.74) is 1.04. The van der Waals surface area contributed by atoms with Crippen LogP contribution in [0.3, 0.4) is 0 Å². The molecule has 1 amide bonds. The Morgan fingerprint density at radius 2 is 2.04 bits per heavy atom. The number of hydrogen-bond donors (Lipinski definition) is 0. The van der Waals surface area contributed by atoms with Gasteiger partial charge >= 0.3 is 5.97 Å². The normalized spacial score (nSPS) is 29.3. The fraction of sp³-hybridized carbons (Fsp3) is 0.333. The quantitative estimate of drug-likeness (QED) is 0.632. The minimum Gasteiger partial charge on any atom is -0.468 e. The first-order valence-electron chi connectivity index (χ1n) is 7.55. The average Bonchev–Trinajstić information content (AvgIpc) is 2.85. The van der Waals surface area contributed by atoms with Gasteiger partial charge in [-0.1, -0.05) is 42.5 Å². The Balaban J connectivity index is 1.99. The van der Waals surface area contributed by atoms with Gasteiger partial charge in [0.2, 0.25) is 5.91 Å². The van der Waals surface area contributed by atoms with Gasteiger partial charge in [-0.15, -0.1) is 11.8 Å². The lowest BCUT2D eigenvalue weighted by Gasteiger charge is -2.44. The molecule has 2 heterocycles. The lowest BCUT2D eigenvalue weighted by Crippen LogP contribution is -2.52. The largest absolute Gasteiger partial charge is 0.468 e. The SMILES string of the molecule is COC(=O)[C@H]1C=C[C@@H](C)S[C@@]12C=CC(=O)N2Cc1ccccc1. The second-order valence-electron chi connectivity index (χ2n) is 5.70. The van der Waals surface area contributed by atoms with E-state index in [-0.39, 0.29) is 17.1 Å². The van der Waals surface area contributed by atoms with E-state index in [1.165, 1.54) is 7.11 Å². The van der Waals surface area contributed by atoms with Crippen molar-refractivity contribution >= 4 is 23.6 Å². The number of hydrogen-bond acceptors (Lipinski definition) is 4. The van der Waals surface area contributed by atoms with Gasteiger partial charge in [0.15, 0.2) is 0 Å². The third kappa shape index (κ3) is 2.81. The highest BCUT2D eigenvalue weighted by atomic mass is 32.2. The van der Waals surface area contributed by atoms with E-state index in [0.717, 1.165) is 5.56 Å². The molecule has 0 saturated carbocycles. The Morgan fingerprint density at radius 1 is 1.30 bits per heavy atom. The van der Waals surface area contributed by atoms with E-state index >= 15 is 0 Å². The van der Waals surface area contributed by atoms with Gasteiger partial charge < -0.3 is 9.64 Å². The molecule has 0 bridgehead atoms. The summed E-state index contributed by atoms with van der Waals surface area (Å²) in [6.45, 7) is 2.53. The number of ether oxygens (including phenoxy) is 1. The van der Waals surface area contributed by atoms with Crippen molar-refractivity contribution in [2.45, 2.75) is 23.6 Å². The Morgan fingerprint density at radius 3 is 2.74 bits per heavy atom. The zero-order valence-electron chi connectivity index (χ0n) is 13.1. The van der Waals surface area contributed by atoms with Crippen molar-refractivity contribution in [3.05, 3.63) is 60.2 Å². The summed E-state index contributed by atoms with van der Waals surface area (Å²) < 4.78 is 4.97. The minimum atomic E-state index is -0.714. The van der Waals surface area contributed by atoms with E-state index in [0.29, 0.717) is 6.54 Å². The summed E-state index contributed by atoms with van der Waals surface area (Å²) in [6, 6.07) is 9.81. The van der Waals surface area contributed by atoms with Gasteiger partial charge in [-0.05, 0) is 18.6 Å². The first-order chi connectivity index (χ1) is 11.1. The third-order valence-electron chi connectivity index (χ3n) is 4.19. The summed E-state index contributed by atoms with van der Waals surface area (Å²) >= 11 is 1.61. The maximum absolute atomic E-state index is 12.5. The highest BCUT2D eigenvalue weighted by molar-refractivity contribution is 8.01. The lowest BCUT2D eigenvalue weighted by molar-refractivity contribution is -0.146. The van der Waals surface area contributed by atoms with E-state index in [2.05, 4.69) is 6.92 Å². The van der Waals surface area contributed by atoms with E-state index in [9.17, 15) is 9.59 Å². The number of esters is 1. The number of amides is 1. The fourth-order valence-corrected chi connectivity index (χ4v) is 4.59. The second-order valence-corrected chi connectivity index (χ2v) is 7.34. The highest BCUT2D eigenvalue weighted by Gasteiger charge is 2.52. The molecule has 3 rings (SSSR count). The van der Waals surface area contributed by atoms with Gasteiger partial charge in [0.25, 0.3) is 0 Å². The number of nitrogens with zero attached hydrogens (tertiary/aromatic N) is 1. The molecule has 23 heavy (non-hydrogen) atoms. The Labute approximate surface area is 140 Å². The molecule has 1 aromatic carbocycles. The Hall–Kier alpha value is -2.01. The smallest absolute Gasteiger partial charge is 0.316 e. The molecule has 3 atom stereocenters. The zero-order chi connectivity index (χ0) is 16.4. The number of methoxy groups -OCH3 is 1. The van der Waals surface area contributed by atoms with E-state index in [4.69, 9.17) is 4.74 Å². The molecule has 0 radical (unpaired) electrons. The van der Waals surface area contributed by atoms with Crippen LogP contribution in [0.25, 0.3) is 0 Å². The van der Waals surface area contributed by atoms with Crippen LogP contribution in [0.4, 0.5) is 0 Å². The molecule has 120 valence electrons. The van der Waals surface area contributed by atoms with Crippen molar-refractivity contribution in [2.24, 2.45) is 5.92 Å². The predicted molar refractivity (Wildman–Crippen MR) is 90.6 cm³/mol. The van der Waals surface area contributed by atoms with Gasteiger partial charge in [0, 0.05) is 17.9 Å². The summed E-state index contributed by atoms with van der Waals surface area (Å²) in [5, 5.41) is 0.213. The summed E-state index contributed by atoms with van der Waals surface area (Å²) in [5.74, 6) is -0.893. The number of rotatable bonds is 3. The van der Waals surface area contributed by atoms with Gasteiger partial charge in [-0.3, -0.25) is 9.59 Å². The summed E-state index contributed by atoms with van der Waals surface area (Å²) in [6.07, 6.45) is 7.28. The molecule has 0 aromatic heterocycles. The van der Waals surface area contributed by atoms with Gasteiger partial charge in [0.05, 0.1) is 7.11 Å². The van der Waals surface area contributed by atoms with Crippen molar-refractivity contribution in [3.8, 4) is 0 Å². The molecular weight excluding hydrogens is 310 g/mol. The average molecular weight is 329 g/mol. The van der Waals surface area contributed by atoms with Crippen LogP contribution >= 0.6 is 11.8 Å².